The summed E-state index contributed by atoms with van der Waals surface area (Å²) in [6.45, 7) is 0. The van der Waals surface area contributed by atoms with E-state index in [4.69, 9.17) is 9.68 Å². The lowest BCUT2D eigenvalue weighted by molar-refractivity contribution is -0.114. The molecule has 16 heavy (non-hydrogen) atoms. The van der Waals surface area contributed by atoms with E-state index in [1.165, 1.54) is 31.5 Å². The Labute approximate surface area is 90.3 Å². The van der Waals surface area contributed by atoms with Gasteiger partial charge < -0.3 is 14.6 Å². The molecule has 7 nitrogen and oxygen atoms in total. The number of oxime groups is 1. The van der Waals surface area contributed by atoms with Crippen molar-refractivity contribution in [2.45, 2.75) is 0 Å². The van der Waals surface area contributed by atoms with Crippen molar-refractivity contribution >= 4 is 17.6 Å². The van der Waals surface area contributed by atoms with Crippen LogP contribution in [0.25, 0.3) is 0 Å². The highest BCUT2D eigenvalue weighted by Crippen LogP contribution is 2.02. The molecule has 0 atom stereocenters. The molecule has 0 aromatic carbocycles. The van der Waals surface area contributed by atoms with Crippen molar-refractivity contribution in [2.24, 2.45) is 5.16 Å². The second-order valence-corrected chi connectivity index (χ2v) is 2.49. The zero-order chi connectivity index (χ0) is 12.0. The van der Waals surface area contributed by atoms with Crippen molar-refractivity contribution in [3.63, 3.8) is 0 Å². The highest BCUT2D eigenvalue weighted by Gasteiger charge is 2.13. The third-order valence-electron chi connectivity index (χ3n) is 1.49. The molecule has 1 heterocycles. The molecule has 0 aliphatic carbocycles. The number of nitrogens with zero attached hydrogens (tertiary/aromatic N) is 2. The second-order valence-electron chi connectivity index (χ2n) is 2.49. The number of nitrogens with one attached hydrogen (secondary N) is 1. The molecule has 1 aromatic heterocycles. The van der Waals surface area contributed by atoms with Crippen LogP contribution in [0.1, 0.15) is 10.6 Å². The Balaban J connectivity index is 2.69. The van der Waals surface area contributed by atoms with E-state index in [1.54, 1.807) is 0 Å². The van der Waals surface area contributed by atoms with Gasteiger partial charge in [-0.1, -0.05) is 5.16 Å². The van der Waals surface area contributed by atoms with Gasteiger partial charge in [-0.2, -0.15) is 5.26 Å². The van der Waals surface area contributed by atoms with Gasteiger partial charge in [-0.3, -0.25) is 4.79 Å². The highest BCUT2D eigenvalue weighted by atomic mass is 16.7. The zero-order valence-electron chi connectivity index (χ0n) is 8.26. The fourth-order valence-electron chi connectivity index (χ4n) is 0.758. The van der Waals surface area contributed by atoms with Gasteiger partial charge in [0.2, 0.25) is 11.5 Å². The van der Waals surface area contributed by atoms with Gasteiger partial charge in [0.15, 0.2) is 0 Å². The summed E-state index contributed by atoms with van der Waals surface area (Å²) in [5, 5.41) is 13.8. The van der Waals surface area contributed by atoms with Crippen molar-refractivity contribution in [1.29, 1.82) is 5.26 Å². The molecule has 0 radical (unpaired) electrons. The van der Waals surface area contributed by atoms with Crippen LogP contribution in [-0.2, 0) is 9.63 Å². The molecule has 0 aliphatic heterocycles. The summed E-state index contributed by atoms with van der Waals surface area (Å²) in [7, 11) is 1.32. The molecule has 0 saturated carbocycles. The molecule has 0 fully saturated rings. The zero-order valence-corrected chi connectivity index (χ0v) is 8.26. The van der Waals surface area contributed by atoms with E-state index < -0.39 is 17.6 Å². The van der Waals surface area contributed by atoms with Crippen molar-refractivity contribution in [1.82, 2.24) is 5.32 Å². The van der Waals surface area contributed by atoms with Crippen molar-refractivity contribution in [2.75, 3.05) is 7.05 Å². The minimum absolute atomic E-state index is 0.0713. The summed E-state index contributed by atoms with van der Waals surface area (Å²) < 4.78 is 4.72. The van der Waals surface area contributed by atoms with Crippen LogP contribution >= 0.6 is 0 Å². The van der Waals surface area contributed by atoms with Crippen LogP contribution in [0.15, 0.2) is 28.0 Å². The Kier molecular flexibility index (Phi) is 3.80. The molecule has 0 saturated heterocycles. The maximum absolute atomic E-state index is 11.2. The number of hydrogen-bond acceptors (Lipinski definition) is 6. The van der Waals surface area contributed by atoms with Gasteiger partial charge in [-0.05, 0) is 12.1 Å². The van der Waals surface area contributed by atoms with Gasteiger partial charge in [0, 0.05) is 7.05 Å². The number of furan rings is 1. The smallest absolute Gasteiger partial charge is 0.400 e. The fraction of sp³-hybridized carbons (Fsp3) is 0.111. The van der Waals surface area contributed by atoms with Crippen LogP contribution in [0.3, 0.4) is 0 Å². The van der Waals surface area contributed by atoms with E-state index in [0.29, 0.717) is 0 Å². The van der Waals surface area contributed by atoms with Crippen molar-refractivity contribution in [3.8, 4) is 6.07 Å². The van der Waals surface area contributed by atoms with Crippen LogP contribution in [0.4, 0.5) is 0 Å². The van der Waals surface area contributed by atoms with Gasteiger partial charge in [-0.25, -0.2) is 4.79 Å². The van der Waals surface area contributed by atoms with Gasteiger partial charge in [-0.15, -0.1) is 0 Å². The summed E-state index contributed by atoms with van der Waals surface area (Å²) in [6.07, 6.45) is 1.28. The van der Waals surface area contributed by atoms with Gasteiger partial charge in [0.1, 0.15) is 6.07 Å². The highest BCUT2D eigenvalue weighted by molar-refractivity contribution is 6.45. The topological polar surface area (TPSA) is 105 Å². The molecule has 0 spiro atoms. The minimum Gasteiger partial charge on any atom is -0.457 e. The summed E-state index contributed by atoms with van der Waals surface area (Å²) in [6, 6.07) is 4.34. The Morgan fingerprint density at radius 3 is 2.88 bits per heavy atom. The standard InChI is InChI=1S/C9H7N3O4/c1-11-8(13)6(5-10)12-16-9(14)7-3-2-4-15-7/h2-4H,1H3,(H,11,13). The molecular weight excluding hydrogens is 214 g/mol. The van der Waals surface area contributed by atoms with Gasteiger partial charge in [0.25, 0.3) is 5.91 Å². The van der Waals surface area contributed by atoms with Crippen molar-refractivity contribution < 1.29 is 18.8 Å². The largest absolute Gasteiger partial charge is 0.457 e. The average molecular weight is 221 g/mol. The van der Waals surface area contributed by atoms with Gasteiger partial charge in [0.05, 0.1) is 6.26 Å². The van der Waals surface area contributed by atoms with Crippen LogP contribution in [0.5, 0.6) is 0 Å². The molecule has 0 unspecified atom stereocenters. The normalized spacial score (nSPS) is 10.4. The van der Waals surface area contributed by atoms with E-state index in [9.17, 15) is 9.59 Å². The quantitative estimate of drug-likeness (QED) is 0.441. The fourth-order valence-corrected chi connectivity index (χ4v) is 0.758. The monoisotopic (exact) mass is 221 g/mol. The molecule has 1 aromatic rings. The predicted molar refractivity (Wildman–Crippen MR) is 51.2 cm³/mol. The second kappa shape index (κ2) is 5.31. The first-order chi connectivity index (χ1) is 7.69. The average Bonchev–Trinajstić information content (AvgIpc) is 2.82. The number of carbonyl (C=O) groups is 2. The van der Waals surface area contributed by atoms with E-state index >= 15 is 0 Å². The maximum atomic E-state index is 11.2. The number of rotatable bonds is 3. The molecular formula is C9H7N3O4. The van der Waals surface area contributed by atoms with Crippen LogP contribution in [-0.4, -0.2) is 24.6 Å². The molecule has 7 heteroatoms. The Morgan fingerprint density at radius 1 is 1.62 bits per heavy atom. The Bertz CT molecular complexity index is 456. The summed E-state index contributed by atoms with van der Waals surface area (Å²) >= 11 is 0. The lowest BCUT2D eigenvalue weighted by atomic mass is 10.4. The summed E-state index contributed by atoms with van der Waals surface area (Å²) in [5.74, 6) is -1.70. The predicted octanol–water partition coefficient (Wildman–Crippen LogP) is 0.0620. The van der Waals surface area contributed by atoms with E-state index in [2.05, 4.69) is 15.3 Å². The molecule has 1 rings (SSSR count). The van der Waals surface area contributed by atoms with E-state index in [1.807, 2.05) is 0 Å². The first kappa shape index (κ1) is 11.5. The maximum Gasteiger partial charge on any atom is 0.400 e. The minimum atomic E-state index is -0.887. The first-order valence-corrected chi connectivity index (χ1v) is 4.14. The number of carbonyl (C=O) groups excluding carboxylic acids is 2. The van der Waals surface area contributed by atoms with Crippen molar-refractivity contribution in [3.05, 3.63) is 24.2 Å². The number of hydrogen-bond donors (Lipinski definition) is 1. The third-order valence-corrected chi connectivity index (χ3v) is 1.49. The lowest BCUT2D eigenvalue weighted by Gasteiger charge is -1.95. The Hall–Kier alpha value is -2.62. The third kappa shape index (κ3) is 2.68. The first-order valence-electron chi connectivity index (χ1n) is 4.14. The van der Waals surface area contributed by atoms with E-state index in [0.717, 1.165) is 0 Å². The molecule has 82 valence electrons. The van der Waals surface area contributed by atoms with E-state index in [-0.39, 0.29) is 5.76 Å². The Morgan fingerprint density at radius 2 is 2.38 bits per heavy atom. The lowest BCUT2D eigenvalue weighted by Crippen LogP contribution is -2.26. The van der Waals surface area contributed by atoms with Crippen LogP contribution in [0.2, 0.25) is 0 Å². The molecule has 1 N–H and O–H groups in total. The van der Waals surface area contributed by atoms with Crippen LogP contribution in [0, 0.1) is 11.3 Å². The SMILES string of the molecule is CNC(=O)C(C#N)=NOC(=O)c1ccco1. The molecule has 0 bridgehead atoms. The summed E-state index contributed by atoms with van der Waals surface area (Å²) in [4.78, 5) is 26.5. The van der Waals surface area contributed by atoms with Crippen LogP contribution < -0.4 is 5.32 Å². The number of amides is 1. The molecule has 0 aliphatic rings. The molecule has 1 amide bonds. The number of nitriles is 1. The van der Waals surface area contributed by atoms with Gasteiger partial charge >= 0.3 is 5.97 Å². The summed E-state index contributed by atoms with van der Waals surface area (Å²) in [5.41, 5.74) is -0.553.